The number of carbonyl (C=O) groups excluding carboxylic acids is 1. The summed E-state index contributed by atoms with van der Waals surface area (Å²) in [4.78, 5) is 12.0. The zero-order chi connectivity index (χ0) is 33.9. The molecule has 0 spiro atoms. The van der Waals surface area contributed by atoms with Crippen molar-refractivity contribution in [2.45, 2.75) is 167 Å². The van der Waals surface area contributed by atoms with Crippen LogP contribution in [0.15, 0.2) is 0 Å². The third kappa shape index (κ3) is 6.68. The SMILES string of the molecule is C[C@@H]1CCC2[C@@H](C)C(=O)O[C@@H]3O[C@](C)(O)CCC1[C@@]23O.C[C@H]1C(OCC2CCCCC2)O[C@@H]2O[C@](C)(O)CCC3[C@H](C)CCC1[C@]32O. The van der Waals surface area contributed by atoms with E-state index in [0.717, 1.165) is 38.7 Å². The molecule has 47 heavy (non-hydrogen) atoms. The number of carbonyl (C=O) groups is 1. The first-order valence-corrected chi connectivity index (χ1v) is 18.8. The van der Waals surface area contributed by atoms with Crippen LogP contribution in [0.3, 0.4) is 0 Å². The molecule has 0 bridgehead atoms. The van der Waals surface area contributed by atoms with E-state index in [2.05, 4.69) is 20.8 Å². The predicted octanol–water partition coefficient (Wildman–Crippen LogP) is 5.23. The molecule has 7 fully saturated rings. The third-order valence-electron chi connectivity index (χ3n) is 13.7. The number of hydrogen-bond acceptors (Lipinski definition) is 10. The molecule has 0 amide bonds. The quantitative estimate of drug-likeness (QED) is 0.296. The molecule has 10 nitrogen and oxygen atoms in total. The van der Waals surface area contributed by atoms with Crippen molar-refractivity contribution in [1.82, 2.24) is 0 Å². The monoisotopic (exact) mass is 666 g/mol. The molecule has 3 aliphatic carbocycles. The lowest BCUT2D eigenvalue weighted by atomic mass is 9.58. The third-order valence-corrected chi connectivity index (χ3v) is 13.7. The van der Waals surface area contributed by atoms with Crippen LogP contribution >= 0.6 is 0 Å². The van der Waals surface area contributed by atoms with Crippen molar-refractivity contribution in [3.05, 3.63) is 0 Å². The average molecular weight is 667 g/mol. The second kappa shape index (κ2) is 13.4. The molecule has 7 rings (SSSR count). The zero-order valence-electron chi connectivity index (χ0n) is 29.6. The van der Waals surface area contributed by atoms with E-state index < -0.39 is 35.4 Å². The van der Waals surface area contributed by atoms with E-state index in [4.69, 9.17) is 23.7 Å². The number of ether oxygens (including phenoxy) is 5. The van der Waals surface area contributed by atoms with E-state index in [1.165, 1.54) is 32.1 Å². The van der Waals surface area contributed by atoms with E-state index in [9.17, 15) is 25.2 Å². The highest BCUT2D eigenvalue weighted by molar-refractivity contribution is 5.74. The molecule has 15 atom stereocenters. The van der Waals surface area contributed by atoms with E-state index in [1.807, 2.05) is 6.92 Å². The van der Waals surface area contributed by atoms with Crippen molar-refractivity contribution in [1.29, 1.82) is 0 Å². The molecular formula is C37H62O10. The zero-order valence-corrected chi connectivity index (χ0v) is 29.6. The molecule has 4 heterocycles. The predicted molar refractivity (Wildman–Crippen MR) is 172 cm³/mol. The largest absolute Gasteiger partial charge is 0.432 e. The lowest BCUT2D eigenvalue weighted by molar-refractivity contribution is -0.408. The van der Waals surface area contributed by atoms with Gasteiger partial charge in [0.05, 0.1) is 12.5 Å². The Morgan fingerprint density at radius 3 is 1.81 bits per heavy atom. The molecular weight excluding hydrogens is 604 g/mol. The summed E-state index contributed by atoms with van der Waals surface area (Å²) in [6.07, 6.45) is 10.4. The minimum Gasteiger partial charge on any atom is -0.432 e. The highest BCUT2D eigenvalue weighted by atomic mass is 16.8. The summed E-state index contributed by atoms with van der Waals surface area (Å²) >= 11 is 0. The number of hydrogen-bond donors (Lipinski definition) is 4. The summed E-state index contributed by atoms with van der Waals surface area (Å²) in [5.41, 5.74) is -2.21. The maximum absolute atomic E-state index is 12.0. The van der Waals surface area contributed by atoms with E-state index in [1.54, 1.807) is 13.8 Å². The van der Waals surface area contributed by atoms with Crippen molar-refractivity contribution >= 4 is 5.97 Å². The number of esters is 1. The van der Waals surface area contributed by atoms with E-state index in [-0.39, 0.29) is 47.8 Å². The van der Waals surface area contributed by atoms with Crippen LogP contribution in [0, 0.1) is 53.3 Å². The first kappa shape index (κ1) is 36.0. The molecule has 0 radical (unpaired) electrons. The number of rotatable bonds is 3. The topological polar surface area (TPSA) is 144 Å². The molecule has 4 aliphatic heterocycles. The summed E-state index contributed by atoms with van der Waals surface area (Å²) < 4.78 is 29.4. The highest BCUT2D eigenvalue weighted by Gasteiger charge is 2.65. The Kier molecular flexibility index (Phi) is 10.2. The van der Waals surface area contributed by atoms with Gasteiger partial charge in [-0.05, 0) is 94.8 Å². The van der Waals surface area contributed by atoms with Crippen LogP contribution in [0.25, 0.3) is 0 Å². The van der Waals surface area contributed by atoms with Crippen LogP contribution < -0.4 is 0 Å². The van der Waals surface area contributed by atoms with Crippen LogP contribution in [0.2, 0.25) is 0 Å². The lowest BCUT2D eigenvalue weighted by Gasteiger charge is -2.57. The van der Waals surface area contributed by atoms with Gasteiger partial charge in [-0.15, -0.1) is 0 Å². The summed E-state index contributed by atoms with van der Waals surface area (Å²) in [6.45, 7) is 12.3. The van der Waals surface area contributed by atoms with Gasteiger partial charge in [0.2, 0.25) is 6.29 Å². The second-order valence-electron chi connectivity index (χ2n) is 17.1. The van der Waals surface area contributed by atoms with E-state index >= 15 is 0 Å². The molecule has 4 N–H and O–H groups in total. The van der Waals surface area contributed by atoms with Gasteiger partial charge >= 0.3 is 5.97 Å². The van der Waals surface area contributed by atoms with Crippen LogP contribution in [-0.4, -0.2) is 74.6 Å². The molecule has 3 saturated carbocycles. The first-order chi connectivity index (χ1) is 22.1. The minimum atomic E-state index is -1.36. The second-order valence-corrected chi connectivity index (χ2v) is 17.1. The van der Waals surface area contributed by atoms with Crippen molar-refractivity contribution in [2.24, 2.45) is 53.3 Å². The summed E-state index contributed by atoms with van der Waals surface area (Å²) in [5.74, 6) is -1.78. The molecule has 0 aromatic heterocycles. The molecule has 270 valence electrons. The van der Waals surface area contributed by atoms with Crippen LogP contribution in [0.1, 0.15) is 125 Å². The lowest BCUT2D eigenvalue weighted by Crippen LogP contribution is -2.67. The Bertz CT molecular complexity index is 1110. The fraction of sp³-hybridized carbons (Fsp3) is 0.973. The average Bonchev–Trinajstić information content (AvgIpc) is 3.18. The van der Waals surface area contributed by atoms with Crippen LogP contribution in [0.5, 0.6) is 0 Å². The molecule has 0 aromatic rings. The maximum atomic E-state index is 12.0. The smallest absolute Gasteiger partial charge is 0.311 e. The number of aliphatic hydroxyl groups is 4. The van der Waals surface area contributed by atoms with E-state index in [0.29, 0.717) is 37.0 Å². The van der Waals surface area contributed by atoms with Gasteiger partial charge in [0, 0.05) is 30.6 Å². The Labute approximate surface area is 281 Å². The Morgan fingerprint density at radius 1 is 0.681 bits per heavy atom. The Morgan fingerprint density at radius 2 is 1.21 bits per heavy atom. The Hall–Kier alpha value is -0.850. The van der Waals surface area contributed by atoms with Gasteiger partial charge in [-0.25, -0.2) is 0 Å². The molecule has 4 saturated heterocycles. The van der Waals surface area contributed by atoms with Gasteiger partial charge < -0.3 is 44.1 Å². The van der Waals surface area contributed by atoms with Crippen molar-refractivity contribution in [3.8, 4) is 0 Å². The van der Waals surface area contributed by atoms with Crippen molar-refractivity contribution in [3.63, 3.8) is 0 Å². The molecule has 10 heteroatoms. The summed E-state index contributed by atoms with van der Waals surface area (Å²) in [6, 6.07) is 0. The fourth-order valence-electron chi connectivity index (χ4n) is 10.7. The van der Waals surface area contributed by atoms with Crippen molar-refractivity contribution < 1.29 is 48.9 Å². The summed E-state index contributed by atoms with van der Waals surface area (Å²) in [5, 5.41) is 44.1. The first-order valence-electron chi connectivity index (χ1n) is 18.8. The van der Waals surface area contributed by atoms with Gasteiger partial charge in [-0.3, -0.25) is 4.79 Å². The summed E-state index contributed by atoms with van der Waals surface area (Å²) in [7, 11) is 0. The fourth-order valence-corrected chi connectivity index (χ4v) is 10.7. The highest BCUT2D eigenvalue weighted by Crippen LogP contribution is 2.57. The minimum absolute atomic E-state index is 0.00391. The standard InChI is InChI=1S/C22H38O5.C15H24O5/c1-14-9-10-18-15(2)19(25-13-16-7-5-4-6-8-16)26-20-22(18,24)17(14)11-12-21(3,23)27-20;1-8-4-5-11-9(2)12(16)19-13-15(11,18)10(8)6-7-14(3,17)20-13/h14-20,23-24H,4-13H2,1-3H3;8-11,13,17-18H,4-7H2,1-3H3/t14-,15-,17?,18?,19?,20-,21+,22-;8-,9-,10?,11?,13-,14+,15-/m11/s1. The normalized spacial score (nSPS) is 53.2. The van der Waals surface area contributed by atoms with Gasteiger partial charge in [-0.2, -0.15) is 0 Å². The maximum Gasteiger partial charge on any atom is 0.311 e. The van der Waals surface area contributed by atoms with Crippen LogP contribution in [-0.2, 0) is 28.5 Å². The molecule has 0 aromatic carbocycles. The van der Waals surface area contributed by atoms with Crippen LogP contribution in [0.4, 0.5) is 0 Å². The van der Waals surface area contributed by atoms with Crippen molar-refractivity contribution in [2.75, 3.05) is 6.61 Å². The van der Waals surface area contributed by atoms with Gasteiger partial charge in [0.25, 0.3) is 0 Å². The van der Waals surface area contributed by atoms with Gasteiger partial charge in [0.1, 0.15) is 11.2 Å². The van der Waals surface area contributed by atoms with Gasteiger partial charge in [0.15, 0.2) is 24.2 Å². The molecule has 5 unspecified atom stereocenters. The molecule has 7 aliphatic rings. The van der Waals surface area contributed by atoms with Gasteiger partial charge in [-0.1, -0.05) is 47.0 Å². The Balaban J connectivity index is 0.000000172.